The lowest BCUT2D eigenvalue weighted by molar-refractivity contribution is -0.148. The lowest BCUT2D eigenvalue weighted by Crippen LogP contribution is -2.63. The van der Waals surface area contributed by atoms with Gasteiger partial charge in [0.15, 0.2) is 17.1 Å². The number of amides is 2. The fourth-order valence-corrected chi connectivity index (χ4v) is 6.55. The van der Waals surface area contributed by atoms with Gasteiger partial charge in [-0.2, -0.15) is 0 Å². The molecule has 0 bridgehead atoms. The number of nitrogens with one attached hydrogen (secondary N) is 2. The maximum atomic E-state index is 13.8. The number of rotatable bonds is 7. The standard InChI is InChI=1S/C27H31ClN4O8.2ClH/c1-32(2)20-13-6-11-5-12-7-14(28)19(31-15(33)9-30-8-10-3-4-10)22(35)16(12)21(34)17(11)24(37)27(13,40)25(38)18(23(20)36)26(29)39;;/h7,10-11,13,20,30,35-37,40H,3-6,8-9H2,1-2H3,(H2,29,39)(H,31,33);2*1H/t11?,13?,20-,27-;;/m0../s1. The molecule has 42 heavy (non-hydrogen) atoms. The summed E-state index contributed by atoms with van der Waals surface area (Å²) in [5, 5.41) is 50.4. The highest BCUT2D eigenvalue weighted by Crippen LogP contribution is 2.53. The van der Waals surface area contributed by atoms with Crippen LogP contribution in [0, 0.1) is 17.8 Å². The molecule has 0 aromatic heterocycles. The molecule has 4 aliphatic carbocycles. The van der Waals surface area contributed by atoms with Crippen LogP contribution >= 0.6 is 36.4 Å². The van der Waals surface area contributed by atoms with Crippen LogP contribution in [-0.4, -0.2) is 87.5 Å². The highest BCUT2D eigenvalue weighted by molar-refractivity contribution is 6.35. The number of nitrogens with two attached hydrogens (primary N) is 1. The molecule has 4 aliphatic rings. The number of halogens is 3. The molecule has 1 aromatic rings. The first-order chi connectivity index (χ1) is 18.8. The Labute approximate surface area is 258 Å². The minimum absolute atomic E-state index is 0. The molecule has 0 radical (unpaired) electrons. The maximum Gasteiger partial charge on any atom is 0.255 e. The topological polar surface area (TPSA) is 203 Å². The second-order valence-corrected chi connectivity index (χ2v) is 11.6. The number of Topliss-reactive ketones (excluding diaryl/α,β-unsaturated/α-hetero) is 2. The number of carbonyl (C=O) groups excluding carboxylic acids is 4. The van der Waals surface area contributed by atoms with Crippen molar-refractivity contribution < 1.29 is 39.6 Å². The molecule has 8 N–H and O–H groups in total. The normalized spacial score (nSPS) is 26.5. The smallest absolute Gasteiger partial charge is 0.255 e. The molecule has 12 nitrogen and oxygen atoms in total. The molecule has 0 saturated heterocycles. The maximum absolute atomic E-state index is 13.8. The zero-order valence-electron chi connectivity index (χ0n) is 22.8. The molecular weight excluding hydrogens is 615 g/mol. The predicted molar refractivity (Wildman–Crippen MR) is 157 cm³/mol. The molecule has 2 amide bonds. The van der Waals surface area contributed by atoms with E-state index in [0.29, 0.717) is 18.0 Å². The van der Waals surface area contributed by atoms with Crippen molar-refractivity contribution in [3.05, 3.63) is 44.9 Å². The van der Waals surface area contributed by atoms with Gasteiger partial charge in [-0.25, -0.2) is 0 Å². The Bertz CT molecular complexity index is 1420. The number of aromatic hydroxyl groups is 1. The summed E-state index contributed by atoms with van der Waals surface area (Å²) in [5.74, 6) is -7.43. The average molecular weight is 648 g/mol. The Morgan fingerprint density at radius 3 is 2.38 bits per heavy atom. The number of likely N-dealkylation sites (N-methyl/N-ethyl adjacent to an activating group) is 1. The first-order valence-electron chi connectivity index (χ1n) is 13.0. The highest BCUT2D eigenvalue weighted by Gasteiger charge is 2.63. The van der Waals surface area contributed by atoms with Crippen molar-refractivity contribution >= 4 is 65.5 Å². The number of phenols is 1. The average Bonchev–Trinajstić information content (AvgIpc) is 3.68. The molecular formula is C27H33Cl3N4O8. The molecule has 0 aliphatic heterocycles. The number of phenolic OH excluding ortho intramolecular Hbond substituents is 1. The van der Waals surface area contributed by atoms with Crippen LogP contribution in [0.5, 0.6) is 5.75 Å². The second kappa shape index (κ2) is 12.0. The van der Waals surface area contributed by atoms with E-state index < -0.39 is 69.7 Å². The first kappa shape index (κ1) is 33.6. The number of aliphatic hydroxyl groups excluding tert-OH is 2. The van der Waals surface area contributed by atoms with E-state index in [1.54, 1.807) is 14.1 Å². The molecule has 4 atom stereocenters. The minimum Gasteiger partial charge on any atom is -0.510 e. The van der Waals surface area contributed by atoms with Crippen molar-refractivity contribution in [2.75, 3.05) is 32.5 Å². The Morgan fingerprint density at radius 2 is 1.81 bits per heavy atom. The number of anilines is 1. The van der Waals surface area contributed by atoms with Crippen LogP contribution in [0.15, 0.2) is 28.7 Å². The number of ketones is 2. The first-order valence-corrected chi connectivity index (χ1v) is 13.4. The summed E-state index contributed by atoms with van der Waals surface area (Å²) in [6.45, 7) is 0.657. The number of fused-ring (bicyclic) bond motifs is 3. The molecule has 15 heteroatoms. The van der Waals surface area contributed by atoms with Gasteiger partial charge in [-0.3, -0.25) is 24.1 Å². The van der Waals surface area contributed by atoms with E-state index >= 15 is 0 Å². The van der Waals surface area contributed by atoms with Gasteiger partial charge in [-0.15, -0.1) is 24.8 Å². The van der Waals surface area contributed by atoms with Gasteiger partial charge >= 0.3 is 0 Å². The van der Waals surface area contributed by atoms with Crippen molar-refractivity contribution in [1.82, 2.24) is 10.2 Å². The zero-order chi connectivity index (χ0) is 29.3. The van der Waals surface area contributed by atoms with E-state index in [9.17, 15) is 39.6 Å². The number of carbonyl (C=O) groups is 4. The molecule has 5 rings (SSSR count). The van der Waals surface area contributed by atoms with Gasteiger partial charge in [0.25, 0.3) is 5.91 Å². The number of hydrogen-bond donors (Lipinski definition) is 7. The van der Waals surface area contributed by atoms with E-state index in [1.807, 2.05) is 0 Å². The third-order valence-corrected chi connectivity index (χ3v) is 8.64. The summed E-state index contributed by atoms with van der Waals surface area (Å²) in [6, 6.07) is 0.377. The van der Waals surface area contributed by atoms with Crippen LogP contribution in [0.1, 0.15) is 35.2 Å². The van der Waals surface area contributed by atoms with Gasteiger partial charge in [0.1, 0.15) is 22.8 Å². The van der Waals surface area contributed by atoms with Gasteiger partial charge in [-0.05, 0) is 69.8 Å². The predicted octanol–water partition coefficient (Wildman–Crippen LogP) is 1.56. The third kappa shape index (κ3) is 5.24. The molecule has 1 aromatic carbocycles. The SMILES string of the molecule is CN(C)[C@@H]1C(O)=C(C(N)=O)C(=O)[C@@]2(O)C(O)=C3C(=O)c4c(cc(Cl)c(NC(=O)CNCC5CC5)c4O)CC3CC12.Cl.Cl. The summed E-state index contributed by atoms with van der Waals surface area (Å²) < 4.78 is 0. The monoisotopic (exact) mass is 646 g/mol. The van der Waals surface area contributed by atoms with Crippen LogP contribution in [0.3, 0.4) is 0 Å². The highest BCUT2D eigenvalue weighted by atomic mass is 35.5. The molecule has 2 unspecified atom stereocenters. The van der Waals surface area contributed by atoms with Gasteiger partial charge in [0, 0.05) is 11.5 Å². The summed E-state index contributed by atoms with van der Waals surface area (Å²) in [6.07, 6.45) is 2.28. The van der Waals surface area contributed by atoms with Crippen molar-refractivity contribution in [1.29, 1.82) is 0 Å². The van der Waals surface area contributed by atoms with Gasteiger partial charge in [0.05, 0.1) is 23.2 Å². The third-order valence-electron chi connectivity index (χ3n) is 8.35. The van der Waals surface area contributed by atoms with Crippen LogP contribution in [0.4, 0.5) is 5.69 Å². The lowest BCUT2D eigenvalue weighted by atomic mass is 9.58. The fourth-order valence-electron chi connectivity index (χ4n) is 6.29. The summed E-state index contributed by atoms with van der Waals surface area (Å²) >= 11 is 6.40. The summed E-state index contributed by atoms with van der Waals surface area (Å²) in [5.41, 5.74) is 1.40. The Kier molecular flexibility index (Phi) is 9.62. The Hall–Kier alpha value is -2.87. The van der Waals surface area contributed by atoms with E-state index in [4.69, 9.17) is 17.3 Å². The van der Waals surface area contributed by atoms with E-state index in [0.717, 1.165) is 12.8 Å². The number of primary amides is 1. The number of nitrogens with zero attached hydrogens (tertiary/aromatic N) is 1. The van der Waals surface area contributed by atoms with Crippen molar-refractivity contribution in [3.63, 3.8) is 0 Å². The van der Waals surface area contributed by atoms with Crippen LogP contribution in [0.25, 0.3) is 0 Å². The summed E-state index contributed by atoms with van der Waals surface area (Å²) in [4.78, 5) is 53.2. The largest absolute Gasteiger partial charge is 0.510 e. The van der Waals surface area contributed by atoms with Gasteiger partial charge < -0.3 is 36.8 Å². The van der Waals surface area contributed by atoms with Crippen LogP contribution in [-0.2, 0) is 20.8 Å². The van der Waals surface area contributed by atoms with Gasteiger partial charge in [0.2, 0.25) is 11.7 Å². The minimum atomic E-state index is -2.73. The quantitative estimate of drug-likeness (QED) is 0.168. The van der Waals surface area contributed by atoms with E-state index in [-0.39, 0.29) is 66.0 Å². The van der Waals surface area contributed by atoms with Crippen LogP contribution in [0.2, 0.25) is 5.02 Å². The zero-order valence-corrected chi connectivity index (χ0v) is 25.2. The Balaban J connectivity index is 0.00000242. The molecule has 1 saturated carbocycles. The van der Waals surface area contributed by atoms with Gasteiger partial charge in [-0.1, -0.05) is 11.6 Å². The number of aliphatic hydroxyl groups is 3. The summed E-state index contributed by atoms with van der Waals surface area (Å²) in [7, 11) is 3.12. The molecule has 0 heterocycles. The Morgan fingerprint density at radius 1 is 1.17 bits per heavy atom. The second-order valence-electron chi connectivity index (χ2n) is 11.2. The fraction of sp³-hybridized carbons (Fsp3) is 0.481. The number of benzene rings is 1. The van der Waals surface area contributed by atoms with Crippen molar-refractivity contribution in [2.24, 2.45) is 23.5 Å². The lowest BCUT2D eigenvalue weighted by Gasteiger charge is -2.50. The van der Waals surface area contributed by atoms with E-state index in [2.05, 4.69) is 10.6 Å². The van der Waals surface area contributed by atoms with Crippen molar-refractivity contribution in [2.45, 2.75) is 37.3 Å². The number of allylic oxidation sites excluding steroid dienone is 1. The molecule has 1 fully saturated rings. The molecule has 230 valence electrons. The van der Waals surface area contributed by atoms with E-state index in [1.165, 1.54) is 11.0 Å². The molecule has 0 spiro atoms. The van der Waals surface area contributed by atoms with Crippen molar-refractivity contribution in [3.8, 4) is 5.75 Å². The number of hydrogen-bond acceptors (Lipinski definition) is 10. The van der Waals surface area contributed by atoms with Crippen LogP contribution < -0.4 is 16.4 Å².